The lowest BCUT2D eigenvalue weighted by molar-refractivity contribution is 0.322. The SMILES string of the molecule is COc1ccc(Br)cc1C(Br)C1(C)CCCC1. The number of rotatable bonds is 3. The zero-order chi connectivity index (χ0) is 12.5. The summed E-state index contributed by atoms with van der Waals surface area (Å²) in [5.41, 5.74) is 1.61. The van der Waals surface area contributed by atoms with Gasteiger partial charge < -0.3 is 4.74 Å². The van der Waals surface area contributed by atoms with Crippen LogP contribution in [0.15, 0.2) is 22.7 Å². The van der Waals surface area contributed by atoms with Gasteiger partial charge in [-0.3, -0.25) is 0 Å². The van der Waals surface area contributed by atoms with Gasteiger partial charge in [-0.25, -0.2) is 0 Å². The number of methoxy groups -OCH3 is 1. The van der Waals surface area contributed by atoms with Crippen LogP contribution in [0.25, 0.3) is 0 Å². The normalized spacial score (nSPS) is 20.2. The second-order valence-corrected chi connectivity index (χ2v) is 6.94. The van der Waals surface area contributed by atoms with Crippen LogP contribution in [-0.4, -0.2) is 7.11 Å². The van der Waals surface area contributed by atoms with Crippen molar-refractivity contribution in [3.05, 3.63) is 28.2 Å². The minimum atomic E-state index is 0.355. The Morgan fingerprint density at radius 3 is 2.53 bits per heavy atom. The Morgan fingerprint density at radius 1 is 1.29 bits per heavy atom. The van der Waals surface area contributed by atoms with Crippen molar-refractivity contribution in [3.63, 3.8) is 0 Å². The summed E-state index contributed by atoms with van der Waals surface area (Å²) in [4.78, 5) is 0.366. The molecule has 3 heteroatoms. The Kier molecular flexibility index (Phi) is 4.19. The van der Waals surface area contributed by atoms with Gasteiger partial charge in [0.2, 0.25) is 0 Å². The summed E-state index contributed by atoms with van der Waals surface area (Å²) in [6.07, 6.45) is 5.26. The average molecular weight is 362 g/mol. The highest BCUT2D eigenvalue weighted by atomic mass is 79.9. The maximum atomic E-state index is 5.48. The number of ether oxygens (including phenoxy) is 1. The Balaban J connectivity index is 2.35. The Bertz CT molecular complexity index is 397. The van der Waals surface area contributed by atoms with Gasteiger partial charge in [-0.2, -0.15) is 0 Å². The summed E-state index contributed by atoms with van der Waals surface area (Å²) in [6.45, 7) is 2.37. The highest BCUT2D eigenvalue weighted by molar-refractivity contribution is 9.10. The highest BCUT2D eigenvalue weighted by Gasteiger charge is 2.37. The molecular weight excluding hydrogens is 344 g/mol. The second-order valence-electron chi connectivity index (χ2n) is 5.11. The van der Waals surface area contributed by atoms with Crippen LogP contribution in [-0.2, 0) is 0 Å². The first kappa shape index (κ1) is 13.4. The molecule has 1 unspecified atom stereocenters. The molecule has 1 aliphatic rings. The van der Waals surface area contributed by atoms with E-state index in [0.717, 1.165) is 10.2 Å². The molecule has 1 aliphatic carbocycles. The number of hydrogen-bond acceptors (Lipinski definition) is 1. The maximum absolute atomic E-state index is 5.48. The molecule has 0 bridgehead atoms. The summed E-state index contributed by atoms with van der Waals surface area (Å²) in [7, 11) is 1.74. The molecule has 1 saturated carbocycles. The minimum Gasteiger partial charge on any atom is -0.496 e. The molecule has 0 N–H and O–H groups in total. The summed E-state index contributed by atoms with van der Waals surface area (Å²) in [5, 5.41) is 0. The van der Waals surface area contributed by atoms with Gasteiger partial charge in [0.05, 0.1) is 7.11 Å². The van der Waals surface area contributed by atoms with Crippen molar-refractivity contribution in [3.8, 4) is 5.75 Å². The van der Waals surface area contributed by atoms with Gasteiger partial charge in [0.25, 0.3) is 0 Å². The largest absolute Gasteiger partial charge is 0.496 e. The fourth-order valence-electron chi connectivity index (χ4n) is 2.71. The standard InChI is InChI=1S/C14H18Br2O/c1-14(7-3-4-8-14)13(16)11-9-10(15)5-6-12(11)17-2/h5-6,9,13H,3-4,7-8H2,1-2H3. The fraction of sp³-hybridized carbons (Fsp3) is 0.571. The lowest BCUT2D eigenvalue weighted by atomic mass is 9.82. The monoisotopic (exact) mass is 360 g/mol. The van der Waals surface area contributed by atoms with Crippen LogP contribution in [0.4, 0.5) is 0 Å². The van der Waals surface area contributed by atoms with Gasteiger partial charge in [-0.05, 0) is 36.5 Å². The molecule has 0 radical (unpaired) electrons. The Labute approximate surface area is 120 Å². The first-order chi connectivity index (χ1) is 8.07. The topological polar surface area (TPSA) is 9.23 Å². The fourth-order valence-corrected chi connectivity index (χ4v) is 3.91. The van der Waals surface area contributed by atoms with Crippen molar-refractivity contribution < 1.29 is 4.74 Å². The van der Waals surface area contributed by atoms with Crippen molar-refractivity contribution in [1.29, 1.82) is 0 Å². The summed E-state index contributed by atoms with van der Waals surface area (Å²) < 4.78 is 6.59. The third-order valence-electron chi connectivity index (χ3n) is 3.82. The van der Waals surface area contributed by atoms with Crippen molar-refractivity contribution in [2.45, 2.75) is 37.4 Å². The van der Waals surface area contributed by atoms with Gasteiger partial charge in [-0.1, -0.05) is 51.6 Å². The molecule has 17 heavy (non-hydrogen) atoms. The number of alkyl halides is 1. The molecule has 0 amide bonds. The van der Waals surface area contributed by atoms with E-state index in [-0.39, 0.29) is 0 Å². The van der Waals surface area contributed by atoms with E-state index in [0.29, 0.717) is 10.2 Å². The van der Waals surface area contributed by atoms with E-state index < -0.39 is 0 Å². The smallest absolute Gasteiger partial charge is 0.123 e. The van der Waals surface area contributed by atoms with Gasteiger partial charge in [-0.15, -0.1) is 0 Å². The molecule has 2 rings (SSSR count). The molecule has 1 aromatic carbocycles. The summed E-state index contributed by atoms with van der Waals surface area (Å²) in [5.74, 6) is 0.975. The number of halogens is 2. The van der Waals surface area contributed by atoms with E-state index in [1.54, 1.807) is 7.11 Å². The number of hydrogen-bond donors (Lipinski definition) is 0. The molecule has 1 nitrogen and oxygen atoms in total. The first-order valence-electron chi connectivity index (χ1n) is 6.04. The van der Waals surface area contributed by atoms with Crippen LogP contribution in [0, 0.1) is 5.41 Å². The van der Waals surface area contributed by atoms with E-state index in [1.807, 2.05) is 12.1 Å². The highest BCUT2D eigenvalue weighted by Crippen LogP contribution is 2.53. The Hall–Kier alpha value is -0.0200. The lowest BCUT2D eigenvalue weighted by Crippen LogP contribution is -2.18. The van der Waals surface area contributed by atoms with Gasteiger partial charge in [0.15, 0.2) is 0 Å². The van der Waals surface area contributed by atoms with E-state index in [4.69, 9.17) is 4.74 Å². The van der Waals surface area contributed by atoms with E-state index in [1.165, 1.54) is 31.2 Å². The average Bonchev–Trinajstić information content (AvgIpc) is 2.76. The van der Waals surface area contributed by atoms with E-state index in [2.05, 4.69) is 44.8 Å². The molecule has 0 saturated heterocycles. The van der Waals surface area contributed by atoms with Gasteiger partial charge in [0, 0.05) is 14.9 Å². The Morgan fingerprint density at radius 2 is 1.94 bits per heavy atom. The zero-order valence-electron chi connectivity index (χ0n) is 10.3. The molecule has 0 aromatic heterocycles. The first-order valence-corrected chi connectivity index (χ1v) is 7.75. The minimum absolute atomic E-state index is 0.355. The van der Waals surface area contributed by atoms with Crippen molar-refractivity contribution in [2.24, 2.45) is 5.41 Å². The van der Waals surface area contributed by atoms with Crippen LogP contribution < -0.4 is 4.74 Å². The molecule has 1 aromatic rings. The van der Waals surface area contributed by atoms with Crippen molar-refractivity contribution in [1.82, 2.24) is 0 Å². The predicted molar refractivity (Wildman–Crippen MR) is 78.9 cm³/mol. The molecule has 0 aliphatic heterocycles. The van der Waals surface area contributed by atoms with E-state index >= 15 is 0 Å². The quantitative estimate of drug-likeness (QED) is 0.648. The lowest BCUT2D eigenvalue weighted by Gasteiger charge is -2.31. The predicted octanol–water partition coefficient (Wildman–Crippen LogP) is 5.47. The maximum Gasteiger partial charge on any atom is 0.123 e. The summed E-state index contributed by atoms with van der Waals surface area (Å²) in [6, 6.07) is 6.23. The summed E-state index contributed by atoms with van der Waals surface area (Å²) >= 11 is 7.44. The van der Waals surface area contributed by atoms with Crippen molar-refractivity contribution >= 4 is 31.9 Å². The van der Waals surface area contributed by atoms with Gasteiger partial charge >= 0.3 is 0 Å². The van der Waals surface area contributed by atoms with Gasteiger partial charge in [0.1, 0.15) is 5.75 Å². The third kappa shape index (κ3) is 2.70. The molecule has 0 spiro atoms. The zero-order valence-corrected chi connectivity index (χ0v) is 13.5. The van der Waals surface area contributed by atoms with Crippen LogP contribution in [0.5, 0.6) is 5.75 Å². The number of benzene rings is 1. The van der Waals surface area contributed by atoms with Crippen LogP contribution in [0.3, 0.4) is 0 Å². The van der Waals surface area contributed by atoms with Crippen LogP contribution in [0.2, 0.25) is 0 Å². The molecular formula is C14H18Br2O. The molecule has 94 valence electrons. The van der Waals surface area contributed by atoms with Crippen LogP contribution in [0.1, 0.15) is 43.0 Å². The molecule has 1 atom stereocenters. The second kappa shape index (κ2) is 5.31. The molecule has 1 fully saturated rings. The van der Waals surface area contributed by atoms with Crippen LogP contribution >= 0.6 is 31.9 Å². The molecule has 0 heterocycles. The van der Waals surface area contributed by atoms with Crippen molar-refractivity contribution in [2.75, 3.05) is 7.11 Å². The third-order valence-corrected chi connectivity index (χ3v) is 5.91. The van der Waals surface area contributed by atoms with E-state index in [9.17, 15) is 0 Å².